The summed E-state index contributed by atoms with van der Waals surface area (Å²) >= 11 is 0. The van der Waals surface area contributed by atoms with Crippen LogP contribution in [0.4, 0.5) is 5.82 Å². The zero-order valence-electron chi connectivity index (χ0n) is 14.4. The zero-order valence-corrected chi connectivity index (χ0v) is 15.2. The van der Waals surface area contributed by atoms with Gasteiger partial charge in [-0.3, -0.25) is 8.75 Å². The Morgan fingerprint density at radius 3 is 2.73 bits per heavy atom. The van der Waals surface area contributed by atoms with Crippen molar-refractivity contribution in [2.45, 2.75) is 44.2 Å². The van der Waals surface area contributed by atoms with Gasteiger partial charge in [-0.15, -0.1) is 0 Å². The Morgan fingerprint density at radius 2 is 2.00 bits per heavy atom. The number of nitrogens with zero attached hydrogens (tertiary/aromatic N) is 4. The first-order valence-electron chi connectivity index (χ1n) is 7.93. The van der Waals surface area contributed by atoms with Crippen LogP contribution in [0.3, 0.4) is 0 Å². The molecule has 0 spiro atoms. The van der Waals surface area contributed by atoms with Crippen molar-refractivity contribution in [3.05, 3.63) is 12.7 Å². The van der Waals surface area contributed by atoms with Crippen LogP contribution in [-0.2, 0) is 28.5 Å². The van der Waals surface area contributed by atoms with Gasteiger partial charge in [0.05, 0.1) is 19.2 Å². The molecule has 0 bridgehead atoms. The largest absolute Gasteiger partial charge is 0.382 e. The summed E-state index contributed by atoms with van der Waals surface area (Å²) < 4.78 is 47.1. The van der Waals surface area contributed by atoms with Crippen molar-refractivity contribution in [3.8, 4) is 0 Å². The second-order valence-corrected chi connectivity index (χ2v) is 8.35. The Balaban J connectivity index is 1.68. The Morgan fingerprint density at radius 1 is 1.27 bits per heavy atom. The molecule has 2 fully saturated rings. The summed E-state index contributed by atoms with van der Waals surface area (Å²) in [4.78, 5) is 12.4. The first kappa shape index (κ1) is 17.5. The Kier molecular flexibility index (Phi) is 3.93. The number of nitrogen functional groups attached to an aromatic ring is 1. The average molecular weight is 385 g/mol. The minimum atomic E-state index is -3.61. The molecule has 0 radical (unpaired) electrons. The van der Waals surface area contributed by atoms with Crippen molar-refractivity contribution < 1.29 is 26.8 Å². The maximum absolute atomic E-state index is 11.3. The number of hydrogen-bond acceptors (Lipinski definition) is 10. The predicted octanol–water partition coefficient (Wildman–Crippen LogP) is -0.198. The summed E-state index contributed by atoms with van der Waals surface area (Å²) in [5, 5.41) is 0. The van der Waals surface area contributed by atoms with E-state index in [2.05, 4.69) is 15.0 Å². The molecule has 12 heteroatoms. The maximum atomic E-state index is 11.3. The monoisotopic (exact) mass is 385 g/mol. The molecule has 2 N–H and O–H groups in total. The lowest BCUT2D eigenvalue weighted by Gasteiger charge is -2.24. The summed E-state index contributed by atoms with van der Waals surface area (Å²) in [7, 11) is -3.61. The van der Waals surface area contributed by atoms with Crippen molar-refractivity contribution in [1.29, 1.82) is 0 Å². The molecular formula is C14H19N5O6S. The van der Waals surface area contributed by atoms with Crippen LogP contribution in [0, 0.1) is 0 Å². The number of aromatic nitrogens is 4. The molecule has 2 saturated heterocycles. The van der Waals surface area contributed by atoms with Gasteiger partial charge in [-0.2, -0.15) is 8.42 Å². The van der Waals surface area contributed by atoms with Crippen molar-refractivity contribution >= 4 is 27.1 Å². The number of ether oxygens (including phenoxy) is 3. The van der Waals surface area contributed by atoms with Crippen LogP contribution >= 0.6 is 0 Å². The molecule has 2 aromatic heterocycles. The third-order valence-electron chi connectivity index (χ3n) is 4.23. The van der Waals surface area contributed by atoms with E-state index >= 15 is 0 Å². The lowest BCUT2D eigenvalue weighted by Crippen LogP contribution is -2.33. The van der Waals surface area contributed by atoms with Gasteiger partial charge < -0.3 is 19.9 Å². The van der Waals surface area contributed by atoms with Crippen LogP contribution in [0.15, 0.2) is 12.7 Å². The van der Waals surface area contributed by atoms with Crippen LogP contribution in [0.5, 0.6) is 0 Å². The lowest BCUT2D eigenvalue weighted by molar-refractivity contribution is -0.198. The van der Waals surface area contributed by atoms with Gasteiger partial charge in [0.2, 0.25) is 0 Å². The third-order valence-corrected chi connectivity index (χ3v) is 4.80. The second-order valence-electron chi connectivity index (χ2n) is 6.70. The Hall–Kier alpha value is -1.86. The molecule has 142 valence electrons. The molecule has 11 nitrogen and oxygen atoms in total. The fraction of sp³-hybridized carbons (Fsp3) is 0.643. The molecule has 0 amide bonds. The fourth-order valence-electron chi connectivity index (χ4n) is 3.26. The molecule has 0 aliphatic carbocycles. The third kappa shape index (κ3) is 3.03. The molecule has 2 aromatic rings. The molecule has 4 heterocycles. The quantitative estimate of drug-likeness (QED) is 0.703. The van der Waals surface area contributed by atoms with Crippen molar-refractivity contribution in [3.63, 3.8) is 0 Å². The number of nitrogens with two attached hydrogens (primary N) is 1. The molecule has 2 aliphatic rings. The maximum Gasteiger partial charge on any atom is 0.264 e. The van der Waals surface area contributed by atoms with Crippen LogP contribution in [0.25, 0.3) is 11.2 Å². The van der Waals surface area contributed by atoms with Gasteiger partial charge in [0.15, 0.2) is 23.5 Å². The molecule has 4 rings (SSSR count). The van der Waals surface area contributed by atoms with Gasteiger partial charge >= 0.3 is 0 Å². The summed E-state index contributed by atoms with van der Waals surface area (Å²) in [6.45, 7) is 3.38. The minimum Gasteiger partial charge on any atom is -0.382 e. The number of imidazole rings is 1. The number of rotatable bonds is 4. The topological polar surface area (TPSA) is 141 Å². The van der Waals surface area contributed by atoms with Crippen LogP contribution in [-0.4, -0.2) is 64.9 Å². The zero-order chi connectivity index (χ0) is 18.7. The van der Waals surface area contributed by atoms with Crippen molar-refractivity contribution in [2.75, 3.05) is 18.6 Å². The Bertz CT molecular complexity index is 944. The van der Waals surface area contributed by atoms with E-state index in [1.807, 2.05) is 0 Å². The fourth-order valence-corrected chi connectivity index (χ4v) is 3.65. The molecule has 4 atom stereocenters. The van der Waals surface area contributed by atoms with Gasteiger partial charge in [-0.05, 0) is 13.8 Å². The number of hydrogen-bond donors (Lipinski definition) is 1. The van der Waals surface area contributed by atoms with Crippen LogP contribution < -0.4 is 5.73 Å². The van der Waals surface area contributed by atoms with E-state index in [9.17, 15) is 8.42 Å². The van der Waals surface area contributed by atoms with Crippen LogP contribution in [0.1, 0.15) is 20.1 Å². The first-order chi connectivity index (χ1) is 12.1. The lowest BCUT2D eigenvalue weighted by atomic mass is 10.1. The SMILES string of the molecule is CC1(C)O[C@@H]2[C@H](O1)[C@H](n1cnc3c(N)ncnc31)O[C@@H]2COS(C)(=O)=O. The highest BCUT2D eigenvalue weighted by atomic mass is 32.2. The van der Waals surface area contributed by atoms with Gasteiger partial charge in [0.1, 0.15) is 30.2 Å². The van der Waals surface area contributed by atoms with Gasteiger partial charge in [0, 0.05) is 0 Å². The molecule has 0 unspecified atom stereocenters. The molecule has 26 heavy (non-hydrogen) atoms. The molecule has 0 aromatic carbocycles. The normalized spacial score (nSPS) is 30.7. The van der Waals surface area contributed by atoms with E-state index < -0.39 is 40.4 Å². The van der Waals surface area contributed by atoms with E-state index in [1.165, 1.54) is 12.7 Å². The van der Waals surface area contributed by atoms with E-state index in [0.29, 0.717) is 11.2 Å². The molecule has 0 saturated carbocycles. The van der Waals surface area contributed by atoms with Crippen molar-refractivity contribution in [1.82, 2.24) is 19.5 Å². The van der Waals surface area contributed by atoms with E-state index in [0.717, 1.165) is 6.26 Å². The highest BCUT2D eigenvalue weighted by molar-refractivity contribution is 7.85. The average Bonchev–Trinajstić information content (AvgIpc) is 3.16. The smallest absolute Gasteiger partial charge is 0.264 e. The van der Waals surface area contributed by atoms with Gasteiger partial charge in [0.25, 0.3) is 10.1 Å². The summed E-state index contributed by atoms with van der Waals surface area (Å²) in [6.07, 6.45) is 1.58. The van der Waals surface area contributed by atoms with Gasteiger partial charge in [-0.25, -0.2) is 15.0 Å². The highest BCUT2D eigenvalue weighted by Gasteiger charge is 2.56. The summed E-state index contributed by atoms with van der Waals surface area (Å²) in [5.74, 6) is -0.588. The van der Waals surface area contributed by atoms with E-state index in [1.54, 1.807) is 18.4 Å². The summed E-state index contributed by atoms with van der Waals surface area (Å²) in [5.41, 5.74) is 6.76. The number of fused-ring (bicyclic) bond motifs is 2. The van der Waals surface area contributed by atoms with E-state index in [4.69, 9.17) is 24.1 Å². The highest BCUT2D eigenvalue weighted by Crippen LogP contribution is 2.43. The second kappa shape index (κ2) is 5.82. The molecule has 2 aliphatic heterocycles. The minimum absolute atomic E-state index is 0.181. The standard InChI is InChI=1S/C14H19N5O6S/c1-14(2)24-9-7(4-22-26(3,20)21)23-13(10(9)25-14)19-6-18-8-11(15)16-5-17-12(8)19/h5-7,9-10,13H,4H2,1-3H3,(H2,15,16,17)/t7-,9+,10+,13-/m1/s1. The predicted molar refractivity (Wildman–Crippen MR) is 88.3 cm³/mol. The summed E-state index contributed by atoms with van der Waals surface area (Å²) in [6, 6.07) is 0. The first-order valence-corrected chi connectivity index (χ1v) is 9.75. The van der Waals surface area contributed by atoms with Crippen LogP contribution in [0.2, 0.25) is 0 Å². The van der Waals surface area contributed by atoms with Crippen molar-refractivity contribution in [2.24, 2.45) is 0 Å². The molecular weight excluding hydrogens is 366 g/mol. The van der Waals surface area contributed by atoms with Gasteiger partial charge in [-0.1, -0.05) is 0 Å². The van der Waals surface area contributed by atoms with E-state index in [-0.39, 0.29) is 12.4 Å². The number of anilines is 1. The Labute approximate surface area is 149 Å².